The zero-order valence-corrected chi connectivity index (χ0v) is 59.2. The SMILES string of the molecule is CCCCc1cc(I)cc(-c2nc(-c3cc(I)cc(I)c3)cc(-c3ccc(-n4c5ccccc5c5cc6c7ccccc7n(-c7ccccc7)c6cc54)c(-c4nc(-c5cc(CCCC)cc(CCCC)c5)nc(-c5cc(CCCC)cc(CCCC)c5)n4)c3)n2)c1. The van der Waals surface area contributed by atoms with E-state index < -0.39 is 0 Å². The highest BCUT2D eigenvalue weighted by Gasteiger charge is 2.25. The Balaban J connectivity index is 1.13. The highest BCUT2D eigenvalue weighted by Crippen LogP contribution is 2.43. The standard InChI is InChI=1S/C81H76I3N7/c1-6-11-23-52-36-53(24-12-7-2)39-59(38-52)79-87-80(60-40-54(25-13-8-3)37-55(41-60)26-14-9-4)89-81(88-79)70-47-57(71-50-72(58-44-63(83)48-64(84)45-58)86-78(85-71)61-42-56(27-15-10-5)43-62(82)46-61)34-35-75(70)91-74-33-22-20-31-67(74)69-49-68-66-30-19-21-32-73(66)90(76(68)51-77(69)91)65-28-17-16-18-29-65/h16-22,28-51H,6-15,23-27H2,1-5H3. The predicted octanol–water partition coefficient (Wildman–Crippen LogP) is 23.4. The molecule has 0 fully saturated rings. The third kappa shape index (κ3) is 13.6. The van der Waals surface area contributed by atoms with Crippen molar-refractivity contribution in [1.29, 1.82) is 0 Å². The highest BCUT2D eigenvalue weighted by molar-refractivity contribution is 14.1. The first-order chi connectivity index (χ1) is 44.6. The Morgan fingerprint density at radius 2 is 0.714 bits per heavy atom. The molecule has 0 bridgehead atoms. The van der Waals surface area contributed by atoms with Gasteiger partial charge in [-0.05, 0) is 275 Å². The third-order valence-corrected chi connectivity index (χ3v) is 19.6. The second-order valence-corrected chi connectivity index (χ2v) is 28.3. The number of rotatable bonds is 23. The minimum absolute atomic E-state index is 0.602. The predicted molar refractivity (Wildman–Crippen MR) is 408 cm³/mol. The van der Waals surface area contributed by atoms with E-state index in [1.165, 1.54) is 58.4 Å². The van der Waals surface area contributed by atoms with Crippen molar-refractivity contribution < 1.29 is 0 Å². The van der Waals surface area contributed by atoms with Crippen molar-refractivity contribution in [2.75, 3.05) is 0 Å². The van der Waals surface area contributed by atoms with Gasteiger partial charge in [-0.15, -0.1) is 0 Å². The maximum Gasteiger partial charge on any atom is 0.166 e. The summed E-state index contributed by atoms with van der Waals surface area (Å²) in [7, 11) is 0. The zero-order chi connectivity index (χ0) is 62.5. The molecule has 0 amide bonds. The lowest BCUT2D eigenvalue weighted by molar-refractivity contribution is 0.780. The van der Waals surface area contributed by atoms with Crippen molar-refractivity contribution in [3.8, 4) is 79.4 Å². The summed E-state index contributed by atoms with van der Waals surface area (Å²) in [5.74, 6) is 2.65. The number of halogens is 3. The van der Waals surface area contributed by atoms with Crippen LogP contribution in [0.3, 0.4) is 0 Å². The number of fused-ring (bicyclic) bond motifs is 6. The summed E-state index contributed by atoms with van der Waals surface area (Å²) in [6, 6.07) is 70.2. The quantitative estimate of drug-likeness (QED) is 0.0597. The summed E-state index contributed by atoms with van der Waals surface area (Å²) in [6.07, 6.45) is 16.2. The number of benzene rings is 9. The molecule has 0 saturated carbocycles. The van der Waals surface area contributed by atoms with Crippen LogP contribution in [0, 0.1) is 10.7 Å². The topological polar surface area (TPSA) is 74.3 Å². The summed E-state index contributed by atoms with van der Waals surface area (Å²) in [6.45, 7) is 11.4. The molecule has 0 saturated heterocycles. The normalized spacial score (nSPS) is 11.7. The molecule has 0 spiro atoms. The lowest BCUT2D eigenvalue weighted by Gasteiger charge is -2.18. The molecular weight excluding hydrogens is 1450 g/mol. The minimum Gasteiger partial charge on any atom is -0.309 e. The van der Waals surface area contributed by atoms with Gasteiger partial charge in [0.15, 0.2) is 23.3 Å². The van der Waals surface area contributed by atoms with E-state index >= 15 is 0 Å². The molecule has 0 aliphatic carbocycles. The molecule has 13 aromatic rings. The van der Waals surface area contributed by atoms with E-state index in [0.717, 1.165) is 176 Å². The molecule has 10 heteroatoms. The van der Waals surface area contributed by atoms with Gasteiger partial charge in [0.05, 0.1) is 39.1 Å². The molecule has 9 aromatic carbocycles. The van der Waals surface area contributed by atoms with E-state index in [1.54, 1.807) is 0 Å². The van der Waals surface area contributed by atoms with Crippen LogP contribution < -0.4 is 0 Å². The summed E-state index contributed by atoms with van der Waals surface area (Å²) >= 11 is 7.33. The van der Waals surface area contributed by atoms with Gasteiger partial charge >= 0.3 is 0 Å². The Labute approximate surface area is 577 Å². The molecule has 456 valence electrons. The van der Waals surface area contributed by atoms with Gasteiger partial charge < -0.3 is 9.13 Å². The average molecular weight is 1530 g/mol. The van der Waals surface area contributed by atoms with Crippen LogP contribution in [0.4, 0.5) is 0 Å². The van der Waals surface area contributed by atoms with E-state index in [4.69, 9.17) is 24.9 Å². The van der Waals surface area contributed by atoms with Crippen molar-refractivity contribution >= 4 is 111 Å². The molecule has 4 heterocycles. The fraction of sp³-hybridized carbons (Fsp3) is 0.247. The number of aryl methyl sites for hydroxylation is 5. The van der Waals surface area contributed by atoms with E-state index in [-0.39, 0.29) is 0 Å². The lowest BCUT2D eigenvalue weighted by Crippen LogP contribution is -2.05. The largest absolute Gasteiger partial charge is 0.309 e. The Morgan fingerprint density at radius 1 is 0.297 bits per heavy atom. The maximum absolute atomic E-state index is 5.80. The third-order valence-electron chi connectivity index (χ3n) is 17.7. The number of hydrogen-bond acceptors (Lipinski definition) is 5. The maximum atomic E-state index is 5.80. The van der Waals surface area contributed by atoms with E-state index in [9.17, 15) is 0 Å². The fourth-order valence-corrected chi connectivity index (χ4v) is 15.8. The minimum atomic E-state index is 0.602. The second kappa shape index (κ2) is 28.4. The molecular formula is C81H76I3N7. The molecule has 91 heavy (non-hydrogen) atoms. The monoisotopic (exact) mass is 1530 g/mol. The first-order valence-electron chi connectivity index (χ1n) is 32.9. The molecule has 0 aliphatic heterocycles. The van der Waals surface area contributed by atoms with Gasteiger partial charge in [-0.2, -0.15) is 0 Å². The molecule has 0 N–H and O–H groups in total. The molecule has 13 rings (SSSR count). The van der Waals surface area contributed by atoms with Gasteiger partial charge in [-0.3, -0.25) is 0 Å². The van der Waals surface area contributed by atoms with E-state index in [0.29, 0.717) is 23.3 Å². The molecule has 7 nitrogen and oxygen atoms in total. The first kappa shape index (κ1) is 62.7. The summed E-state index contributed by atoms with van der Waals surface area (Å²) in [5.41, 5.74) is 20.8. The number of unbranched alkanes of at least 4 members (excludes halogenated alkanes) is 5. The van der Waals surface area contributed by atoms with Gasteiger partial charge in [0.25, 0.3) is 0 Å². The highest BCUT2D eigenvalue weighted by atomic mass is 127. The Hall–Kier alpha value is -7.14. The zero-order valence-electron chi connectivity index (χ0n) is 52.8. The smallest absolute Gasteiger partial charge is 0.166 e. The second-order valence-electron chi connectivity index (χ2n) is 24.5. The van der Waals surface area contributed by atoms with Crippen LogP contribution in [-0.4, -0.2) is 34.1 Å². The van der Waals surface area contributed by atoms with Crippen LogP contribution in [-0.2, 0) is 32.1 Å². The van der Waals surface area contributed by atoms with Gasteiger partial charge in [0.2, 0.25) is 0 Å². The lowest BCUT2D eigenvalue weighted by atomic mass is 9.97. The average Bonchev–Trinajstić information content (AvgIpc) is 1.57. The van der Waals surface area contributed by atoms with Gasteiger partial charge in [-0.25, -0.2) is 24.9 Å². The van der Waals surface area contributed by atoms with Crippen molar-refractivity contribution in [3.05, 3.63) is 227 Å². The number of nitrogens with zero attached hydrogens (tertiary/aromatic N) is 7. The van der Waals surface area contributed by atoms with Gasteiger partial charge in [-0.1, -0.05) is 140 Å². The summed E-state index contributed by atoms with van der Waals surface area (Å²) < 4.78 is 8.37. The number of aromatic nitrogens is 7. The van der Waals surface area contributed by atoms with Crippen LogP contribution >= 0.6 is 67.8 Å². The van der Waals surface area contributed by atoms with Crippen molar-refractivity contribution in [3.63, 3.8) is 0 Å². The van der Waals surface area contributed by atoms with Crippen LogP contribution in [0.5, 0.6) is 0 Å². The van der Waals surface area contributed by atoms with Crippen LogP contribution in [0.15, 0.2) is 188 Å². The van der Waals surface area contributed by atoms with Gasteiger partial charge in [0.1, 0.15) is 0 Å². The number of hydrogen-bond donors (Lipinski definition) is 0. The molecule has 0 unspecified atom stereocenters. The summed E-state index contributed by atoms with van der Waals surface area (Å²) in [5, 5.41) is 4.77. The Morgan fingerprint density at radius 3 is 1.24 bits per heavy atom. The van der Waals surface area contributed by atoms with Crippen LogP contribution in [0.25, 0.3) is 123 Å². The fourth-order valence-electron chi connectivity index (χ4n) is 13.1. The van der Waals surface area contributed by atoms with Crippen LogP contribution in [0.2, 0.25) is 0 Å². The van der Waals surface area contributed by atoms with Gasteiger partial charge in [0, 0.05) is 71.3 Å². The molecule has 0 atom stereocenters. The Kier molecular flexibility index (Phi) is 19.5. The summed E-state index contributed by atoms with van der Waals surface area (Å²) in [4.78, 5) is 28.3. The Bertz CT molecular complexity index is 4660. The van der Waals surface area contributed by atoms with Crippen molar-refractivity contribution in [1.82, 2.24) is 34.1 Å². The van der Waals surface area contributed by atoms with E-state index in [2.05, 4.69) is 300 Å². The van der Waals surface area contributed by atoms with Crippen molar-refractivity contribution in [2.24, 2.45) is 0 Å². The molecule has 0 aliphatic rings. The molecule has 0 radical (unpaired) electrons. The van der Waals surface area contributed by atoms with E-state index in [1.807, 2.05) is 0 Å². The molecule has 4 aromatic heterocycles. The van der Waals surface area contributed by atoms with Crippen LogP contribution in [0.1, 0.15) is 127 Å². The first-order valence-corrected chi connectivity index (χ1v) is 36.1. The number of para-hydroxylation sites is 3. The van der Waals surface area contributed by atoms with Crippen molar-refractivity contribution in [2.45, 2.75) is 131 Å².